The van der Waals surface area contributed by atoms with Crippen LogP contribution in [0.25, 0.3) is 5.70 Å². The number of rotatable bonds is 6. The first-order chi connectivity index (χ1) is 13.8. The molecule has 0 saturated heterocycles. The van der Waals surface area contributed by atoms with Gasteiger partial charge in [-0.1, -0.05) is 67.2 Å². The molecule has 4 rings (SSSR count). The van der Waals surface area contributed by atoms with Gasteiger partial charge < -0.3 is 10.4 Å². The monoisotopic (exact) mass is 369 g/mol. The molecule has 0 aromatic heterocycles. The van der Waals surface area contributed by atoms with Crippen molar-refractivity contribution in [2.45, 2.75) is 6.42 Å². The minimum atomic E-state index is 0.178. The summed E-state index contributed by atoms with van der Waals surface area (Å²) in [5.74, 6) is 0. The van der Waals surface area contributed by atoms with Gasteiger partial charge in [-0.15, -0.1) is 0 Å². The Balaban J connectivity index is 1.75. The number of hydrogen-bond acceptors (Lipinski definition) is 4. The summed E-state index contributed by atoms with van der Waals surface area (Å²) in [6.07, 6.45) is 0.713. The van der Waals surface area contributed by atoms with E-state index >= 15 is 0 Å². The summed E-state index contributed by atoms with van der Waals surface area (Å²) in [5.41, 5.74) is 6.97. The molecule has 0 spiro atoms. The summed E-state index contributed by atoms with van der Waals surface area (Å²) in [5, 5.41) is 19.2. The highest BCUT2D eigenvalue weighted by Gasteiger charge is 2.24. The van der Waals surface area contributed by atoms with E-state index in [9.17, 15) is 0 Å². The van der Waals surface area contributed by atoms with E-state index in [1.165, 1.54) is 0 Å². The van der Waals surface area contributed by atoms with Gasteiger partial charge in [0.05, 0.1) is 17.1 Å². The van der Waals surface area contributed by atoms with E-state index in [-0.39, 0.29) is 6.61 Å². The number of aliphatic hydroxyl groups is 1. The first kappa shape index (κ1) is 18.0. The Morgan fingerprint density at radius 1 is 0.893 bits per heavy atom. The van der Waals surface area contributed by atoms with Crippen LogP contribution >= 0.6 is 0 Å². The standard InChI is InChI=1S/C24H23N3O/c1-18-22-13-5-6-14-23(22)24(19-9-3-2-4-10-19)26-27(18)21-12-7-11-20(17-21)25-15-8-16-28/h2-7,9-14,17,25,28H,1,8,15-16H2. The predicted molar refractivity (Wildman–Crippen MR) is 117 cm³/mol. The summed E-state index contributed by atoms with van der Waals surface area (Å²) in [4.78, 5) is 0. The van der Waals surface area contributed by atoms with E-state index in [4.69, 9.17) is 10.2 Å². The molecular weight excluding hydrogens is 346 g/mol. The largest absolute Gasteiger partial charge is 0.396 e. The molecule has 140 valence electrons. The van der Waals surface area contributed by atoms with E-state index < -0.39 is 0 Å². The minimum absolute atomic E-state index is 0.178. The molecule has 4 nitrogen and oxygen atoms in total. The number of nitrogens with zero attached hydrogens (tertiary/aromatic N) is 2. The fraction of sp³-hybridized carbons (Fsp3) is 0.125. The van der Waals surface area contributed by atoms with Crippen LogP contribution in [-0.4, -0.2) is 24.0 Å². The summed E-state index contributed by atoms with van der Waals surface area (Å²) in [6, 6.07) is 26.6. The summed E-state index contributed by atoms with van der Waals surface area (Å²) in [6.45, 7) is 5.21. The Labute approximate surface area is 165 Å². The number of hydrogen-bond donors (Lipinski definition) is 2. The molecule has 4 heteroatoms. The van der Waals surface area contributed by atoms with Crippen LogP contribution in [0.5, 0.6) is 0 Å². The van der Waals surface area contributed by atoms with Gasteiger partial charge in [-0.2, -0.15) is 5.10 Å². The Morgan fingerprint density at radius 2 is 1.64 bits per heavy atom. The summed E-state index contributed by atoms with van der Waals surface area (Å²) >= 11 is 0. The third-order valence-electron chi connectivity index (χ3n) is 4.75. The van der Waals surface area contributed by atoms with Crippen LogP contribution in [-0.2, 0) is 0 Å². The smallest absolute Gasteiger partial charge is 0.0991 e. The molecule has 3 aromatic rings. The van der Waals surface area contributed by atoms with Gasteiger partial charge in [-0.25, -0.2) is 5.01 Å². The van der Waals surface area contributed by atoms with Gasteiger partial charge in [0.25, 0.3) is 0 Å². The maximum Gasteiger partial charge on any atom is 0.0991 e. The Hall–Kier alpha value is -3.37. The SMILES string of the molecule is C=C1c2ccccc2C(c2ccccc2)=NN1c1cccc(NCCCO)c1. The second-order valence-electron chi connectivity index (χ2n) is 6.67. The fourth-order valence-corrected chi connectivity index (χ4v) is 3.35. The van der Waals surface area contributed by atoms with E-state index in [1.807, 2.05) is 53.5 Å². The highest BCUT2D eigenvalue weighted by Crippen LogP contribution is 2.34. The number of nitrogens with one attached hydrogen (secondary N) is 1. The van der Waals surface area contributed by atoms with E-state index in [0.29, 0.717) is 6.42 Å². The maximum absolute atomic E-state index is 8.99. The minimum Gasteiger partial charge on any atom is -0.396 e. The van der Waals surface area contributed by atoms with Gasteiger partial charge in [0.1, 0.15) is 0 Å². The predicted octanol–water partition coefficient (Wildman–Crippen LogP) is 4.72. The molecule has 0 amide bonds. The lowest BCUT2D eigenvalue weighted by molar-refractivity contribution is 0.292. The Kier molecular flexibility index (Phi) is 5.22. The van der Waals surface area contributed by atoms with Crippen LogP contribution in [0.2, 0.25) is 0 Å². The normalized spacial score (nSPS) is 13.1. The maximum atomic E-state index is 8.99. The van der Waals surface area contributed by atoms with Crippen molar-refractivity contribution in [3.63, 3.8) is 0 Å². The first-order valence-corrected chi connectivity index (χ1v) is 9.45. The third kappa shape index (κ3) is 3.55. The number of fused-ring (bicyclic) bond motifs is 1. The zero-order chi connectivity index (χ0) is 19.3. The second kappa shape index (κ2) is 8.11. The van der Waals surface area contributed by atoms with Gasteiger partial charge in [-0.3, -0.25) is 0 Å². The van der Waals surface area contributed by atoms with Gasteiger partial charge >= 0.3 is 0 Å². The summed E-state index contributed by atoms with van der Waals surface area (Å²) < 4.78 is 0. The number of benzene rings is 3. The van der Waals surface area contributed by atoms with Gasteiger partial charge in [0, 0.05) is 35.5 Å². The van der Waals surface area contributed by atoms with Crippen molar-refractivity contribution in [1.82, 2.24) is 0 Å². The fourth-order valence-electron chi connectivity index (χ4n) is 3.35. The van der Waals surface area contributed by atoms with Crippen molar-refractivity contribution in [1.29, 1.82) is 0 Å². The Morgan fingerprint density at radius 3 is 2.43 bits per heavy atom. The molecule has 1 aliphatic rings. The van der Waals surface area contributed by atoms with Crippen LogP contribution in [0.1, 0.15) is 23.1 Å². The van der Waals surface area contributed by atoms with Crippen LogP contribution < -0.4 is 10.3 Å². The summed E-state index contributed by atoms with van der Waals surface area (Å²) in [7, 11) is 0. The van der Waals surface area contributed by atoms with Crippen molar-refractivity contribution in [3.05, 3.63) is 102 Å². The van der Waals surface area contributed by atoms with E-state index in [0.717, 1.165) is 46.0 Å². The quantitative estimate of drug-likeness (QED) is 0.618. The van der Waals surface area contributed by atoms with Gasteiger partial charge in [-0.05, 0) is 24.6 Å². The molecule has 28 heavy (non-hydrogen) atoms. The van der Waals surface area contributed by atoms with Crippen molar-refractivity contribution >= 4 is 22.8 Å². The molecule has 1 heterocycles. The molecule has 2 N–H and O–H groups in total. The molecule has 0 saturated carbocycles. The lowest BCUT2D eigenvalue weighted by Crippen LogP contribution is -2.25. The van der Waals surface area contributed by atoms with Gasteiger partial charge in [0.15, 0.2) is 0 Å². The van der Waals surface area contributed by atoms with Crippen LogP contribution in [0.15, 0.2) is 90.5 Å². The van der Waals surface area contributed by atoms with Crippen molar-refractivity contribution in [3.8, 4) is 0 Å². The zero-order valence-corrected chi connectivity index (χ0v) is 15.7. The van der Waals surface area contributed by atoms with E-state index in [1.54, 1.807) is 0 Å². The average molecular weight is 369 g/mol. The molecule has 0 bridgehead atoms. The molecule has 0 unspecified atom stereocenters. The zero-order valence-electron chi connectivity index (χ0n) is 15.7. The van der Waals surface area contributed by atoms with Crippen LogP contribution in [0.4, 0.5) is 11.4 Å². The second-order valence-corrected chi connectivity index (χ2v) is 6.67. The Bertz CT molecular complexity index is 1010. The average Bonchev–Trinajstić information content (AvgIpc) is 2.75. The molecular formula is C24H23N3O. The number of aliphatic hydroxyl groups excluding tert-OH is 1. The molecule has 1 aliphatic heterocycles. The van der Waals surface area contributed by atoms with Crippen LogP contribution in [0, 0.1) is 0 Å². The van der Waals surface area contributed by atoms with Crippen molar-refractivity contribution in [2.75, 3.05) is 23.5 Å². The third-order valence-corrected chi connectivity index (χ3v) is 4.75. The first-order valence-electron chi connectivity index (χ1n) is 9.45. The van der Waals surface area contributed by atoms with E-state index in [2.05, 4.69) is 42.2 Å². The van der Waals surface area contributed by atoms with Crippen molar-refractivity contribution < 1.29 is 5.11 Å². The lowest BCUT2D eigenvalue weighted by atomic mass is 9.94. The topological polar surface area (TPSA) is 47.9 Å². The molecule has 0 atom stereocenters. The highest BCUT2D eigenvalue weighted by molar-refractivity contribution is 6.18. The highest BCUT2D eigenvalue weighted by atomic mass is 16.3. The van der Waals surface area contributed by atoms with Crippen molar-refractivity contribution in [2.24, 2.45) is 5.10 Å². The number of hydrazone groups is 1. The molecule has 0 fully saturated rings. The van der Waals surface area contributed by atoms with Crippen LogP contribution in [0.3, 0.4) is 0 Å². The lowest BCUT2D eigenvalue weighted by Gasteiger charge is -2.30. The molecule has 0 radical (unpaired) electrons. The number of anilines is 2. The van der Waals surface area contributed by atoms with Gasteiger partial charge in [0.2, 0.25) is 0 Å². The molecule has 0 aliphatic carbocycles. The molecule has 3 aromatic carbocycles.